The van der Waals surface area contributed by atoms with Gasteiger partial charge in [-0.15, -0.1) is 0 Å². The van der Waals surface area contributed by atoms with Crippen molar-refractivity contribution in [3.8, 4) is 11.5 Å². The van der Waals surface area contributed by atoms with Gasteiger partial charge in [-0.05, 0) is 76.2 Å². The van der Waals surface area contributed by atoms with E-state index < -0.39 is 0 Å². The summed E-state index contributed by atoms with van der Waals surface area (Å²) in [5.74, 6) is 1.52. The quantitative estimate of drug-likeness (QED) is 0.658. The lowest BCUT2D eigenvalue weighted by Gasteiger charge is -2.20. The summed E-state index contributed by atoms with van der Waals surface area (Å²) in [5.41, 5.74) is 4.50. The zero-order valence-electron chi connectivity index (χ0n) is 16.2. The highest BCUT2D eigenvalue weighted by Crippen LogP contribution is 2.30. The van der Waals surface area contributed by atoms with Gasteiger partial charge >= 0.3 is 0 Å². The van der Waals surface area contributed by atoms with Crippen molar-refractivity contribution < 1.29 is 9.47 Å². The summed E-state index contributed by atoms with van der Waals surface area (Å²) in [6.45, 7) is 11.4. The van der Waals surface area contributed by atoms with Gasteiger partial charge in [0.05, 0.1) is 19.3 Å². The number of rotatable bonds is 7. The molecule has 0 aromatic heterocycles. The molecule has 0 spiro atoms. The summed E-state index contributed by atoms with van der Waals surface area (Å²) in [5, 5.41) is 7.20. The second kappa shape index (κ2) is 9.43. The molecule has 2 rings (SSSR count). The molecule has 0 aliphatic carbocycles. The Morgan fingerprint density at radius 3 is 2.35 bits per heavy atom. The highest BCUT2D eigenvalue weighted by atomic mass is 32.1. The van der Waals surface area contributed by atoms with E-state index in [-0.39, 0.29) is 6.04 Å². The molecule has 0 saturated carbocycles. The van der Waals surface area contributed by atoms with Crippen molar-refractivity contribution in [1.29, 1.82) is 0 Å². The van der Waals surface area contributed by atoms with Crippen LogP contribution >= 0.6 is 12.2 Å². The predicted molar refractivity (Wildman–Crippen MR) is 112 cm³/mol. The van der Waals surface area contributed by atoms with Gasteiger partial charge in [0.2, 0.25) is 0 Å². The van der Waals surface area contributed by atoms with Crippen molar-refractivity contribution >= 4 is 23.0 Å². The van der Waals surface area contributed by atoms with Crippen LogP contribution < -0.4 is 20.1 Å². The van der Waals surface area contributed by atoms with E-state index in [0.717, 1.165) is 22.7 Å². The molecule has 2 N–H and O–H groups in total. The number of benzene rings is 2. The van der Waals surface area contributed by atoms with Crippen molar-refractivity contribution in [2.24, 2.45) is 0 Å². The maximum Gasteiger partial charge on any atom is 0.171 e. The summed E-state index contributed by atoms with van der Waals surface area (Å²) >= 11 is 5.48. The molecular formula is C21H28N2O2S. The Morgan fingerprint density at radius 1 is 1.00 bits per heavy atom. The minimum absolute atomic E-state index is 0.0376. The second-order valence-corrected chi connectivity index (χ2v) is 6.62. The molecule has 0 heterocycles. The van der Waals surface area contributed by atoms with Crippen LogP contribution in [-0.2, 0) is 0 Å². The highest BCUT2D eigenvalue weighted by molar-refractivity contribution is 7.80. The standard InChI is InChI=1S/C21H28N2O2S/c1-6-24-19-11-9-17(13-20(19)25-7-2)16(5)22-21(26)23-18-10-8-14(3)12-15(18)4/h8-13,16H,6-7H2,1-5H3,(H2,22,23,26). The van der Waals surface area contributed by atoms with Gasteiger partial charge in [-0.25, -0.2) is 0 Å². The number of thiocarbonyl (C=S) groups is 1. The number of hydrogen-bond acceptors (Lipinski definition) is 3. The van der Waals surface area contributed by atoms with E-state index in [9.17, 15) is 0 Å². The predicted octanol–water partition coefficient (Wildman–Crippen LogP) is 5.15. The first kappa shape index (κ1) is 20.0. The molecule has 0 amide bonds. The van der Waals surface area contributed by atoms with Crippen LogP contribution in [0.5, 0.6) is 11.5 Å². The smallest absolute Gasteiger partial charge is 0.171 e. The molecule has 1 unspecified atom stereocenters. The molecule has 0 aliphatic heterocycles. The van der Waals surface area contributed by atoms with Crippen LogP contribution in [0.2, 0.25) is 0 Å². The average molecular weight is 373 g/mol. The van der Waals surface area contributed by atoms with Crippen LogP contribution in [0.3, 0.4) is 0 Å². The van der Waals surface area contributed by atoms with Gasteiger partial charge in [-0.3, -0.25) is 0 Å². The Bertz CT molecular complexity index is 762. The van der Waals surface area contributed by atoms with Crippen molar-refractivity contribution in [1.82, 2.24) is 5.32 Å². The van der Waals surface area contributed by atoms with E-state index in [4.69, 9.17) is 21.7 Å². The molecule has 0 bridgehead atoms. The number of aryl methyl sites for hydroxylation is 2. The molecule has 2 aromatic carbocycles. The third-order valence-corrected chi connectivity index (χ3v) is 4.27. The van der Waals surface area contributed by atoms with Crippen LogP contribution in [0.15, 0.2) is 36.4 Å². The second-order valence-electron chi connectivity index (χ2n) is 6.21. The minimum atomic E-state index is 0.0376. The molecule has 4 nitrogen and oxygen atoms in total. The Balaban J connectivity index is 2.07. The van der Waals surface area contributed by atoms with Crippen molar-refractivity contribution in [3.05, 3.63) is 53.1 Å². The lowest BCUT2D eigenvalue weighted by Crippen LogP contribution is -2.31. The van der Waals surface area contributed by atoms with Gasteiger partial charge in [0.25, 0.3) is 0 Å². The van der Waals surface area contributed by atoms with Gasteiger partial charge in [-0.2, -0.15) is 0 Å². The third-order valence-electron chi connectivity index (χ3n) is 4.05. The first-order valence-corrected chi connectivity index (χ1v) is 9.39. The summed E-state index contributed by atoms with van der Waals surface area (Å²) in [4.78, 5) is 0. The zero-order valence-corrected chi connectivity index (χ0v) is 17.0. The number of hydrogen-bond donors (Lipinski definition) is 2. The number of nitrogens with one attached hydrogen (secondary N) is 2. The van der Waals surface area contributed by atoms with Crippen LogP contribution in [0, 0.1) is 13.8 Å². The Labute approximate surface area is 161 Å². The van der Waals surface area contributed by atoms with E-state index >= 15 is 0 Å². The van der Waals surface area contributed by atoms with Crippen LogP contribution in [0.4, 0.5) is 5.69 Å². The SMILES string of the molecule is CCOc1ccc(C(C)NC(=S)Nc2ccc(C)cc2C)cc1OCC. The maximum absolute atomic E-state index is 5.71. The van der Waals surface area contributed by atoms with E-state index in [1.165, 1.54) is 11.1 Å². The van der Waals surface area contributed by atoms with Gasteiger partial charge in [0.15, 0.2) is 16.6 Å². The molecule has 5 heteroatoms. The maximum atomic E-state index is 5.71. The van der Waals surface area contributed by atoms with Crippen LogP contribution in [-0.4, -0.2) is 18.3 Å². The molecule has 26 heavy (non-hydrogen) atoms. The molecule has 0 saturated heterocycles. The van der Waals surface area contributed by atoms with Crippen LogP contribution in [0.1, 0.15) is 43.5 Å². The van der Waals surface area contributed by atoms with E-state index in [0.29, 0.717) is 18.3 Å². The van der Waals surface area contributed by atoms with E-state index in [1.807, 2.05) is 38.1 Å². The van der Waals surface area contributed by atoms with E-state index in [1.54, 1.807) is 0 Å². The fraction of sp³-hybridized carbons (Fsp3) is 0.381. The summed E-state index contributed by atoms with van der Waals surface area (Å²) in [6, 6.07) is 12.3. The monoisotopic (exact) mass is 372 g/mol. The van der Waals surface area contributed by atoms with Crippen molar-refractivity contribution in [2.75, 3.05) is 18.5 Å². The van der Waals surface area contributed by atoms with Crippen molar-refractivity contribution in [3.63, 3.8) is 0 Å². The largest absolute Gasteiger partial charge is 0.490 e. The Hall–Kier alpha value is -2.27. The first-order chi connectivity index (χ1) is 12.4. The van der Waals surface area contributed by atoms with Gasteiger partial charge < -0.3 is 20.1 Å². The van der Waals surface area contributed by atoms with E-state index in [2.05, 4.69) is 43.5 Å². The first-order valence-electron chi connectivity index (χ1n) is 8.98. The normalized spacial score (nSPS) is 11.6. The van der Waals surface area contributed by atoms with Crippen LogP contribution in [0.25, 0.3) is 0 Å². The Kier molecular flexibility index (Phi) is 7.27. The average Bonchev–Trinajstić information content (AvgIpc) is 2.59. The molecule has 0 aliphatic rings. The minimum Gasteiger partial charge on any atom is -0.490 e. The lowest BCUT2D eigenvalue weighted by molar-refractivity contribution is 0.287. The van der Waals surface area contributed by atoms with Gasteiger partial charge in [0, 0.05) is 5.69 Å². The third kappa shape index (κ3) is 5.36. The molecule has 0 radical (unpaired) electrons. The fourth-order valence-corrected chi connectivity index (χ4v) is 3.02. The van der Waals surface area contributed by atoms with Gasteiger partial charge in [0.1, 0.15) is 0 Å². The van der Waals surface area contributed by atoms with Gasteiger partial charge in [-0.1, -0.05) is 23.8 Å². The summed E-state index contributed by atoms with van der Waals surface area (Å²) in [7, 11) is 0. The summed E-state index contributed by atoms with van der Waals surface area (Å²) < 4.78 is 11.3. The molecule has 0 fully saturated rings. The number of anilines is 1. The topological polar surface area (TPSA) is 42.5 Å². The van der Waals surface area contributed by atoms with Crippen molar-refractivity contribution in [2.45, 2.75) is 40.7 Å². The summed E-state index contributed by atoms with van der Waals surface area (Å²) in [6.07, 6.45) is 0. The molecule has 1 atom stereocenters. The highest BCUT2D eigenvalue weighted by Gasteiger charge is 2.12. The molecule has 2 aromatic rings. The fourth-order valence-electron chi connectivity index (χ4n) is 2.73. The molecular weight excluding hydrogens is 344 g/mol. The Morgan fingerprint density at radius 2 is 1.69 bits per heavy atom. The number of ether oxygens (including phenoxy) is 2. The zero-order chi connectivity index (χ0) is 19.1. The lowest BCUT2D eigenvalue weighted by atomic mass is 10.1. The molecule has 140 valence electrons.